The van der Waals surface area contributed by atoms with Gasteiger partial charge in [-0.25, -0.2) is 4.79 Å². The van der Waals surface area contributed by atoms with Gasteiger partial charge in [-0.3, -0.25) is 4.98 Å². The lowest BCUT2D eigenvalue weighted by Gasteiger charge is -2.25. The minimum Gasteiger partial charge on any atom is -0.444 e. The first kappa shape index (κ1) is 14.3. The van der Waals surface area contributed by atoms with E-state index in [1.54, 1.807) is 17.3 Å². The van der Waals surface area contributed by atoms with Crippen LogP contribution < -0.4 is 0 Å². The van der Waals surface area contributed by atoms with E-state index in [1.165, 1.54) is 0 Å². The quantitative estimate of drug-likeness (QED) is 0.788. The second-order valence-electron chi connectivity index (χ2n) is 6.09. The van der Waals surface area contributed by atoms with Crippen LogP contribution in [0.1, 0.15) is 32.8 Å². The molecule has 0 spiro atoms. The lowest BCUT2D eigenvalue weighted by molar-refractivity contribution is 0.0288. The number of likely N-dealkylation sites (tertiary alicyclic amines) is 1. The molecule has 5 nitrogen and oxygen atoms in total. The summed E-state index contributed by atoms with van der Waals surface area (Å²) in [5, 5.41) is 9.55. The van der Waals surface area contributed by atoms with Gasteiger partial charge in [-0.15, -0.1) is 0 Å². The van der Waals surface area contributed by atoms with E-state index >= 15 is 0 Å². The SMILES string of the molecule is CC(C)(C)OC(=O)N1CCC(C#N)(c2cccnc2)C1. The maximum atomic E-state index is 12.1. The highest BCUT2D eigenvalue weighted by Gasteiger charge is 2.43. The van der Waals surface area contributed by atoms with Crippen molar-refractivity contribution in [3.63, 3.8) is 0 Å². The average molecular weight is 273 g/mol. The van der Waals surface area contributed by atoms with Crippen LogP contribution in [-0.4, -0.2) is 34.7 Å². The molecule has 1 aliphatic heterocycles. The second-order valence-corrected chi connectivity index (χ2v) is 6.09. The lowest BCUT2D eigenvalue weighted by atomic mass is 9.82. The summed E-state index contributed by atoms with van der Waals surface area (Å²) in [6, 6.07) is 6.05. The number of nitrogens with zero attached hydrogens (tertiary/aromatic N) is 3. The van der Waals surface area contributed by atoms with Gasteiger partial charge in [-0.2, -0.15) is 5.26 Å². The minimum atomic E-state index is -0.675. The van der Waals surface area contributed by atoms with Crippen molar-refractivity contribution in [3.8, 4) is 6.07 Å². The minimum absolute atomic E-state index is 0.351. The molecule has 0 aliphatic carbocycles. The number of pyridine rings is 1. The molecule has 0 radical (unpaired) electrons. The molecule has 0 bridgehead atoms. The van der Waals surface area contributed by atoms with Crippen LogP contribution in [-0.2, 0) is 10.2 Å². The summed E-state index contributed by atoms with van der Waals surface area (Å²) in [7, 11) is 0. The van der Waals surface area contributed by atoms with E-state index in [0.717, 1.165) is 5.56 Å². The first-order valence-electron chi connectivity index (χ1n) is 6.66. The predicted molar refractivity (Wildman–Crippen MR) is 74.0 cm³/mol. The summed E-state index contributed by atoms with van der Waals surface area (Å²) in [5.41, 5.74) is -0.345. The molecule has 106 valence electrons. The summed E-state index contributed by atoms with van der Waals surface area (Å²) in [4.78, 5) is 17.7. The molecule has 1 fully saturated rings. The van der Waals surface area contributed by atoms with Crippen LogP contribution in [0, 0.1) is 11.3 Å². The Morgan fingerprint density at radius 3 is 2.85 bits per heavy atom. The standard InChI is InChI=1S/C15H19N3O2/c1-14(2,3)20-13(19)18-8-6-15(10-16,11-18)12-5-4-7-17-9-12/h4-5,7,9H,6,8,11H2,1-3H3. The van der Waals surface area contributed by atoms with Crippen LogP contribution in [0.25, 0.3) is 0 Å². The van der Waals surface area contributed by atoms with Gasteiger partial charge in [0.05, 0.1) is 6.07 Å². The van der Waals surface area contributed by atoms with Crippen molar-refractivity contribution < 1.29 is 9.53 Å². The van der Waals surface area contributed by atoms with Crippen molar-refractivity contribution >= 4 is 6.09 Å². The third-order valence-electron chi connectivity index (χ3n) is 3.35. The van der Waals surface area contributed by atoms with Gasteiger partial charge in [-0.1, -0.05) is 6.07 Å². The van der Waals surface area contributed by atoms with Crippen LogP contribution in [0.2, 0.25) is 0 Å². The number of rotatable bonds is 1. The molecule has 0 aromatic carbocycles. The van der Waals surface area contributed by atoms with Gasteiger partial charge in [-0.05, 0) is 38.8 Å². The van der Waals surface area contributed by atoms with Gasteiger partial charge < -0.3 is 9.64 Å². The molecule has 1 aromatic heterocycles. The van der Waals surface area contributed by atoms with Crippen molar-refractivity contribution in [2.75, 3.05) is 13.1 Å². The number of amides is 1. The highest BCUT2D eigenvalue weighted by molar-refractivity contribution is 5.69. The Morgan fingerprint density at radius 1 is 1.55 bits per heavy atom. The summed E-state index contributed by atoms with van der Waals surface area (Å²) >= 11 is 0. The number of carbonyl (C=O) groups excluding carboxylic acids is 1. The highest BCUT2D eigenvalue weighted by Crippen LogP contribution is 2.34. The van der Waals surface area contributed by atoms with E-state index in [1.807, 2.05) is 32.9 Å². The molecule has 2 heterocycles. The zero-order chi connectivity index (χ0) is 14.8. The molecule has 0 saturated carbocycles. The van der Waals surface area contributed by atoms with E-state index in [-0.39, 0.29) is 6.09 Å². The Balaban J connectivity index is 2.15. The van der Waals surface area contributed by atoms with Gasteiger partial charge in [0.1, 0.15) is 11.0 Å². The predicted octanol–water partition coefficient (Wildman–Crippen LogP) is 2.48. The zero-order valence-electron chi connectivity index (χ0n) is 12.1. The Hall–Kier alpha value is -2.09. The van der Waals surface area contributed by atoms with Crippen LogP contribution in [0.4, 0.5) is 4.79 Å². The van der Waals surface area contributed by atoms with Crippen LogP contribution in [0.3, 0.4) is 0 Å². The third kappa shape index (κ3) is 2.90. The lowest BCUT2D eigenvalue weighted by Crippen LogP contribution is -2.37. The van der Waals surface area contributed by atoms with Crippen molar-refractivity contribution in [1.29, 1.82) is 5.26 Å². The van der Waals surface area contributed by atoms with Crippen molar-refractivity contribution in [2.24, 2.45) is 0 Å². The fourth-order valence-electron chi connectivity index (χ4n) is 2.33. The molecule has 1 amide bonds. The molecule has 1 aromatic rings. The van der Waals surface area contributed by atoms with E-state index in [9.17, 15) is 10.1 Å². The number of ether oxygens (including phenoxy) is 1. The summed E-state index contributed by atoms with van der Waals surface area (Å²) in [6.07, 6.45) is 3.62. The summed E-state index contributed by atoms with van der Waals surface area (Å²) < 4.78 is 5.36. The smallest absolute Gasteiger partial charge is 0.410 e. The maximum Gasteiger partial charge on any atom is 0.410 e. The number of carbonyl (C=O) groups is 1. The molecule has 0 N–H and O–H groups in total. The number of hydrogen-bond acceptors (Lipinski definition) is 4. The molecule has 1 saturated heterocycles. The van der Waals surface area contributed by atoms with Gasteiger partial charge in [0.2, 0.25) is 0 Å². The van der Waals surface area contributed by atoms with E-state index in [0.29, 0.717) is 19.5 Å². The van der Waals surface area contributed by atoms with E-state index in [2.05, 4.69) is 11.1 Å². The molecule has 20 heavy (non-hydrogen) atoms. The van der Waals surface area contributed by atoms with Crippen LogP contribution in [0.5, 0.6) is 0 Å². The normalized spacial score (nSPS) is 22.4. The van der Waals surface area contributed by atoms with E-state index < -0.39 is 11.0 Å². The van der Waals surface area contributed by atoms with E-state index in [4.69, 9.17) is 4.74 Å². The molecule has 1 unspecified atom stereocenters. The second kappa shape index (κ2) is 5.12. The molecule has 1 atom stereocenters. The van der Waals surface area contributed by atoms with Crippen LogP contribution in [0.15, 0.2) is 24.5 Å². The number of hydrogen-bond donors (Lipinski definition) is 0. The first-order valence-corrected chi connectivity index (χ1v) is 6.66. The third-order valence-corrected chi connectivity index (χ3v) is 3.35. The maximum absolute atomic E-state index is 12.1. The monoisotopic (exact) mass is 273 g/mol. The average Bonchev–Trinajstić information content (AvgIpc) is 2.84. The fraction of sp³-hybridized carbons (Fsp3) is 0.533. The fourth-order valence-corrected chi connectivity index (χ4v) is 2.33. The van der Waals surface area contributed by atoms with Gasteiger partial charge in [0.25, 0.3) is 0 Å². The number of nitriles is 1. The Labute approximate surface area is 119 Å². The molecule has 1 aliphatic rings. The Morgan fingerprint density at radius 2 is 2.30 bits per heavy atom. The van der Waals surface area contributed by atoms with Crippen LogP contribution >= 0.6 is 0 Å². The largest absolute Gasteiger partial charge is 0.444 e. The molecular formula is C15H19N3O2. The first-order chi connectivity index (χ1) is 9.36. The summed E-state index contributed by atoms with van der Waals surface area (Å²) in [6.45, 7) is 6.38. The number of aromatic nitrogens is 1. The van der Waals surface area contributed by atoms with Gasteiger partial charge in [0.15, 0.2) is 0 Å². The summed E-state index contributed by atoms with van der Waals surface area (Å²) in [5.74, 6) is 0. The molecular weight excluding hydrogens is 254 g/mol. The van der Waals surface area contributed by atoms with Crippen molar-refractivity contribution in [1.82, 2.24) is 9.88 Å². The van der Waals surface area contributed by atoms with Gasteiger partial charge >= 0.3 is 6.09 Å². The van der Waals surface area contributed by atoms with Gasteiger partial charge in [0, 0.05) is 25.5 Å². The van der Waals surface area contributed by atoms with Crippen molar-refractivity contribution in [2.45, 2.75) is 38.2 Å². The zero-order valence-corrected chi connectivity index (χ0v) is 12.1. The highest BCUT2D eigenvalue weighted by atomic mass is 16.6. The Bertz CT molecular complexity index is 530. The molecule has 5 heteroatoms. The van der Waals surface area contributed by atoms with Crippen molar-refractivity contribution in [3.05, 3.63) is 30.1 Å². The topological polar surface area (TPSA) is 66.2 Å². The Kier molecular flexibility index (Phi) is 3.67. The molecule has 2 rings (SSSR count).